The first-order valence-electron chi connectivity index (χ1n) is 7.46. The summed E-state index contributed by atoms with van der Waals surface area (Å²) >= 11 is 0. The number of hydrogen-bond acceptors (Lipinski definition) is 3. The third-order valence-electron chi connectivity index (χ3n) is 4.77. The average molecular weight is 239 g/mol. The molecule has 0 aliphatic carbocycles. The zero-order valence-electron chi connectivity index (χ0n) is 11.7. The summed E-state index contributed by atoms with van der Waals surface area (Å²) in [6.07, 6.45) is 5.16. The average Bonchev–Trinajstić information content (AvgIpc) is 2.33. The van der Waals surface area contributed by atoms with Crippen LogP contribution in [0.5, 0.6) is 0 Å². The van der Waals surface area contributed by atoms with Crippen molar-refractivity contribution in [3.05, 3.63) is 0 Å². The van der Waals surface area contributed by atoms with E-state index in [1.54, 1.807) is 0 Å². The summed E-state index contributed by atoms with van der Waals surface area (Å²) in [5, 5.41) is 3.88. The predicted molar refractivity (Wildman–Crippen MR) is 73.0 cm³/mol. The third kappa shape index (κ3) is 2.51. The van der Waals surface area contributed by atoms with Crippen LogP contribution in [0.4, 0.5) is 0 Å². The van der Waals surface area contributed by atoms with E-state index in [1.807, 2.05) is 0 Å². The van der Waals surface area contributed by atoms with Crippen molar-refractivity contribution in [2.24, 2.45) is 11.7 Å². The third-order valence-corrected chi connectivity index (χ3v) is 4.77. The van der Waals surface area contributed by atoms with E-state index in [2.05, 4.69) is 31.0 Å². The first-order chi connectivity index (χ1) is 8.21. The number of hydrogen-bond donors (Lipinski definition) is 2. The summed E-state index contributed by atoms with van der Waals surface area (Å²) in [4.78, 5) is 2.61. The van der Waals surface area contributed by atoms with Gasteiger partial charge < -0.3 is 11.1 Å². The lowest BCUT2D eigenvalue weighted by Crippen LogP contribution is -2.77. The van der Waals surface area contributed by atoms with Crippen LogP contribution < -0.4 is 11.1 Å². The van der Waals surface area contributed by atoms with Crippen LogP contribution in [0.1, 0.15) is 46.5 Å². The van der Waals surface area contributed by atoms with Gasteiger partial charge in [0.15, 0.2) is 0 Å². The maximum atomic E-state index is 6.13. The first-order valence-corrected chi connectivity index (χ1v) is 7.46. The Morgan fingerprint density at radius 3 is 2.59 bits per heavy atom. The van der Waals surface area contributed by atoms with E-state index in [-0.39, 0.29) is 0 Å². The highest BCUT2D eigenvalue weighted by molar-refractivity contribution is 5.07. The topological polar surface area (TPSA) is 41.3 Å². The molecule has 2 saturated heterocycles. The van der Waals surface area contributed by atoms with Crippen LogP contribution in [-0.2, 0) is 0 Å². The summed E-state index contributed by atoms with van der Waals surface area (Å²) in [6.45, 7) is 9.24. The van der Waals surface area contributed by atoms with Crippen molar-refractivity contribution in [1.82, 2.24) is 10.2 Å². The van der Waals surface area contributed by atoms with Gasteiger partial charge in [-0.1, -0.05) is 33.6 Å². The largest absolute Gasteiger partial charge is 0.325 e. The number of rotatable bonds is 5. The Morgan fingerprint density at radius 2 is 2.06 bits per heavy atom. The van der Waals surface area contributed by atoms with Crippen molar-refractivity contribution in [3.8, 4) is 0 Å². The number of nitrogens with zero attached hydrogens (tertiary/aromatic N) is 1. The fraction of sp³-hybridized carbons (Fsp3) is 1.00. The predicted octanol–water partition coefficient (Wildman–Crippen LogP) is 1.57. The Balaban J connectivity index is 1.97. The molecule has 100 valence electrons. The molecule has 3 nitrogen and oxygen atoms in total. The molecule has 2 aliphatic rings. The van der Waals surface area contributed by atoms with Crippen molar-refractivity contribution >= 4 is 0 Å². The molecule has 2 rings (SSSR count). The Hall–Kier alpha value is -0.120. The number of nitrogens with two attached hydrogens (primary N) is 1. The summed E-state index contributed by atoms with van der Waals surface area (Å²) < 4.78 is 0. The smallest absolute Gasteiger partial charge is 0.0414 e. The van der Waals surface area contributed by atoms with E-state index < -0.39 is 0 Å². The van der Waals surface area contributed by atoms with Gasteiger partial charge in [0.1, 0.15) is 0 Å². The highest BCUT2D eigenvalue weighted by Gasteiger charge is 2.46. The molecule has 2 fully saturated rings. The maximum absolute atomic E-state index is 6.13. The van der Waals surface area contributed by atoms with Gasteiger partial charge in [-0.3, -0.25) is 4.90 Å². The molecular weight excluding hydrogens is 210 g/mol. The number of fused-ring (bicyclic) bond motifs is 1. The highest BCUT2D eigenvalue weighted by atomic mass is 15.3. The summed E-state index contributed by atoms with van der Waals surface area (Å²) in [6, 6.07) is 2.31. The molecule has 3 N–H and O–H groups in total. The van der Waals surface area contributed by atoms with Gasteiger partial charge in [-0.05, 0) is 18.8 Å². The molecule has 5 unspecified atom stereocenters. The minimum atomic E-state index is 0.402. The molecule has 0 radical (unpaired) electrons. The van der Waals surface area contributed by atoms with Crippen molar-refractivity contribution in [3.63, 3.8) is 0 Å². The van der Waals surface area contributed by atoms with Gasteiger partial charge in [0.25, 0.3) is 0 Å². The Bertz CT molecular complexity index is 244. The van der Waals surface area contributed by atoms with E-state index in [0.717, 1.165) is 12.5 Å². The van der Waals surface area contributed by atoms with E-state index in [0.29, 0.717) is 24.2 Å². The second-order valence-electron chi connectivity index (χ2n) is 5.85. The van der Waals surface area contributed by atoms with E-state index >= 15 is 0 Å². The summed E-state index contributed by atoms with van der Waals surface area (Å²) in [5.74, 6) is 0.840. The highest BCUT2D eigenvalue weighted by Crippen LogP contribution is 2.29. The van der Waals surface area contributed by atoms with Gasteiger partial charge in [0.2, 0.25) is 0 Å². The van der Waals surface area contributed by atoms with E-state index in [4.69, 9.17) is 5.73 Å². The molecule has 0 aromatic carbocycles. The molecule has 0 spiro atoms. The van der Waals surface area contributed by atoms with Gasteiger partial charge in [-0.2, -0.15) is 0 Å². The van der Waals surface area contributed by atoms with Crippen molar-refractivity contribution < 1.29 is 0 Å². The van der Waals surface area contributed by atoms with Gasteiger partial charge in [0.05, 0.1) is 0 Å². The Morgan fingerprint density at radius 1 is 1.29 bits per heavy atom. The van der Waals surface area contributed by atoms with Crippen LogP contribution in [0.3, 0.4) is 0 Å². The molecular formula is C14H29N3. The maximum Gasteiger partial charge on any atom is 0.0414 e. The van der Waals surface area contributed by atoms with Crippen molar-refractivity contribution in [2.45, 2.75) is 70.6 Å². The molecule has 0 saturated carbocycles. The summed E-state index contributed by atoms with van der Waals surface area (Å²) in [7, 11) is 0. The van der Waals surface area contributed by atoms with Crippen LogP contribution >= 0.6 is 0 Å². The zero-order chi connectivity index (χ0) is 12.4. The molecule has 3 heteroatoms. The lowest BCUT2D eigenvalue weighted by Gasteiger charge is -2.57. The monoisotopic (exact) mass is 239 g/mol. The first kappa shape index (κ1) is 13.3. The van der Waals surface area contributed by atoms with Crippen LogP contribution in [0.25, 0.3) is 0 Å². The molecule has 17 heavy (non-hydrogen) atoms. The quantitative estimate of drug-likeness (QED) is 0.765. The fourth-order valence-corrected chi connectivity index (χ4v) is 3.77. The molecule has 5 atom stereocenters. The van der Waals surface area contributed by atoms with Crippen LogP contribution in [-0.4, -0.2) is 42.2 Å². The van der Waals surface area contributed by atoms with Gasteiger partial charge in [0, 0.05) is 37.3 Å². The second kappa shape index (κ2) is 5.68. The normalized spacial score (nSPS) is 39.5. The number of piperazine rings is 1. The minimum Gasteiger partial charge on any atom is -0.325 e. The second-order valence-corrected chi connectivity index (χ2v) is 5.85. The van der Waals surface area contributed by atoms with Crippen molar-refractivity contribution in [2.75, 3.05) is 13.1 Å². The Kier molecular flexibility index (Phi) is 4.45. The minimum absolute atomic E-state index is 0.402. The zero-order valence-corrected chi connectivity index (χ0v) is 11.7. The molecule has 2 aliphatic heterocycles. The van der Waals surface area contributed by atoms with E-state index in [1.165, 1.54) is 32.2 Å². The molecule has 0 bridgehead atoms. The molecule has 0 amide bonds. The van der Waals surface area contributed by atoms with Gasteiger partial charge in [-0.15, -0.1) is 0 Å². The Labute approximate surface area is 106 Å². The molecule has 0 aromatic rings. The fourth-order valence-electron chi connectivity index (χ4n) is 3.77. The lowest BCUT2D eigenvalue weighted by molar-refractivity contribution is -0.0232. The molecule has 2 heterocycles. The molecule has 0 aromatic heterocycles. The van der Waals surface area contributed by atoms with Gasteiger partial charge in [-0.25, -0.2) is 0 Å². The van der Waals surface area contributed by atoms with Crippen molar-refractivity contribution in [1.29, 1.82) is 0 Å². The van der Waals surface area contributed by atoms with Gasteiger partial charge >= 0.3 is 0 Å². The standard InChI is InChI=1S/C14H29N3/c1-4-7-10(5-2)13-9-17-8-11(15)14(17)12(6-3)16-13/h10-14,16H,4-9,15H2,1-3H3. The van der Waals surface area contributed by atoms with Crippen LogP contribution in [0.2, 0.25) is 0 Å². The van der Waals surface area contributed by atoms with E-state index in [9.17, 15) is 0 Å². The lowest BCUT2D eigenvalue weighted by atomic mass is 9.81. The number of nitrogens with one attached hydrogen (secondary N) is 1. The van der Waals surface area contributed by atoms with Crippen LogP contribution in [0, 0.1) is 5.92 Å². The SMILES string of the molecule is CCCC(CC)C1CN2CC(N)C2C(CC)N1. The van der Waals surface area contributed by atoms with Crippen LogP contribution in [0.15, 0.2) is 0 Å². The summed E-state index contributed by atoms with van der Waals surface area (Å²) in [5.41, 5.74) is 6.13.